The number of benzene rings is 1. The normalized spacial score (nSPS) is 7.71. The number of aromatic nitrogens is 1. The van der Waals surface area contributed by atoms with Gasteiger partial charge in [0.05, 0.1) is 11.0 Å². The van der Waals surface area contributed by atoms with Gasteiger partial charge in [-0.1, -0.05) is 75.0 Å². The molecule has 0 fully saturated rings. The Kier molecular flexibility index (Phi) is 14.2. The average Bonchev–Trinajstić information content (AvgIpc) is 2.45. The highest BCUT2D eigenvalue weighted by molar-refractivity contribution is 7.26. The first kappa shape index (κ1) is 18.4. The molecule has 0 bridgehead atoms. The van der Waals surface area contributed by atoms with E-state index in [2.05, 4.69) is 26.4 Å². The Hall–Kier alpha value is -0.940. The third-order valence-corrected chi connectivity index (χ3v) is 1.94. The van der Waals surface area contributed by atoms with Gasteiger partial charge in [-0.05, 0) is 12.1 Å². The van der Waals surface area contributed by atoms with Crippen molar-refractivity contribution in [3.8, 4) is 0 Å². The molecule has 0 N–H and O–H groups in total. The van der Waals surface area contributed by atoms with E-state index in [1.165, 1.54) is 5.39 Å². The summed E-state index contributed by atoms with van der Waals surface area (Å²) in [6.07, 6.45) is 0. The van der Waals surface area contributed by atoms with Crippen LogP contribution in [0.25, 0.3) is 10.9 Å². The molecule has 0 saturated heterocycles. The molecule has 0 spiro atoms. The second-order valence-corrected chi connectivity index (χ2v) is 3.02. The maximum atomic E-state index is 4.34. The third kappa shape index (κ3) is 7.07. The number of nitrogens with zero attached hydrogens (tertiary/aromatic N) is 1. The summed E-state index contributed by atoms with van der Waals surface area (Å²) in [5.41, 5.74) is 2.05. The second kappa shape index (κ2) is 13.1. The smallest absolute Gasteiger partial charge is 0.0709 e. The van der Waals surface area contributed by atoms with E-state index in [1.54, 1.807) is 0 Å². The fourth-order valence-electron chi connectivity index (χ4n) is 1.08. The molecule has 96 valence electrons. The van der Waals surface area contributed by atoms with Gasteiger partial charge in [-0.2, -0.15) is 0 Å². The molecule has 1 unspecified atom stereocenters. The van der Waals surface area contributed by atoms with Crippen LogP contribution in [0.15, 0.2) is 36.4 Å². The van der Waals surface area contributed by atoms with Crippen molar-refractivity contribution in [2.24, 2.45) is 0 Å². The lowest BCUT2D eigenvalue weighted by molar-refractivity contribution is 1.49. The van der Waals surface area contributed by atoms with Crippen LogP contribution in [0.3, 0.4) is 0 Å². The lowest BCUT2D eigenvalue weighted by Gasteiger charge is -1.95. The summed E-state index contributed by atoms with van der Waals surface area (Å²) in [5.74, 6) is 0. The first-order valence-electron chi connectivity index (χ1n) is 6.47. The van der Waals surface area contributed by atoms with Gasteiger partial charge in [0, 0.05) is 5.39 Å². The Balaban J connectivity index is 0. The molecule has 1 nitrogen and oxygen atoms in total. The molecule has 0 aliphatic heterocycles. The van der Waals surface area contributed by atoms with Gasteiger partial charge in [-0.15, -0.1) is 0 Å². The maximum Gasteiger partial charge on any atom is 0.0709 e. The number of hydrogen-bond donors (Lipinski definition) is 0. The highest BCUT2D eigenvalue weighted by atomic mass is 31.0. The van der Waals surface area contributed by atoms with Gasteiger partial charge < -0.3 is 0 Å². The highest BCUT2D eigenvalue weighted by Crippen LogP contribution is 2.08. The van der Waals surface area contributed by atoms with E-state index in [-0.39, 0.29) is 0 Å². The number of para-hydroxylation sites is 1. The van der Waals surface area contributed by atoms with Crippen molar-refractivity contribution >= 4 is 25.6 Å². The SMILES string of the molecule is CC.CC.CC.Pc1ccc2ccccc2n1. The number of fused-ring (bicyclic) bond motifs is 1. The van der Waals surface area contributed by atoms with Gasteiger partial charge in [0.2, 0.25) is 0 Å². The quantitative estimate of drug-likeness (QED) is 0.612. The molecule has 0 amide bonds. The van der Waals surface area contributed by atoms with Crippen LogP contribution < -0.4 is 5.44 Å². The van der Waals surface area contributed by atoms with Gasteiger partial charge in [0.1, 0.15) is 0 Å². The topological polar surface area (TPSA) is 12.9 Å². The number of hydrogen-bond acceptors (Lipinski definition) is 1. The van der Waals surface area contributed by atoms with Crippen molar-refractivity contribution in [1.82, 2.24) is 4.98 Å². The molecule has 0 aliphatic rings. The van der Waals surface area contributed by atoms with Gasteiger partial charge in [0.25, 0.3) is 0 Å². The molecular formula is C15H26NP. The molecule has 2 rings (SSSR count). The average molecular weight is 251 g/mol. The zero-order valence-corrected chi connectivity index (χ0v) is 13.1. The van der Waals surface area contributed by atoms with Crippen LogP contribution in [-0.2, 0) is 0 Å². The summed E-state index contributed by atoms with van der Waals surface area (Å²) in [6, 6.07) is 12.2. The molecule has 1 atom stereocenters. The number of pyridine rings is 1. The van der Waals surface area contributed by atoms with Crippen molar-refractivity contribution in [2.75, 3.05) is 0 Å². The minimum absolute atomic E-state index is 0.990. The Bertz CT molecular complexity index is 385. The molecule has 2 heteroatoms. The summed E-state index contributed by atoms with van der Waals surface area (Å²) in [6.45, 7) is 12.0. The third-order valence-electron chi connectivity index (χ3n) is 1.62. The minimum Gasteiger partial charge on any atom is -0.249 e. The van der Waals surface area contributed by atoms with Crippen molar-refractivity contribution in [3.05, 3.63) is 36.4 Å². The molecule has 0 radical (unpaired) electrons. The summed E-state index contributed by atoms with van der Waals surface area (Å²) in [4.78, 5) is 4.34. The van der Waals surface area contributed by atoms with Gasteiger partial charge in [-0.25, -0.2) is 4.98 Å². The summed E-state index contributed by atoms with van der Waals surface area (Å²) in [7, 11) is 2.59. The first-order chi connectivity index (χ1) is 8.36. The molecule has 1 aromatic heterocycles. The van der Waals surface area contributed by atoms with E-state index >= 15 is 0 Å². The van der Waals surface area contributed by atoms with Crippen molar-refractivity contribution in [3.63, 3.8) is 0 Å². The van der Waals surface area contributed by atoms with Crippen LogP contribution in [0.1, 0.15) is 41.5 Å². The van der Waals surface area contributed by atoms with Crippen molar-refractivity contribution < 1.29 is 0 Å². The van der Waals surface area contributed by atoms with Crippen LogP contribution in [0, 0.1) is 0 Å². The van der Waals surface area contributed by atoms with Crippen LogP contribution >= 0.6 is 9.24 Å². The maximum absolute atomic E-state index is 4.34. The lowest BCUT2D eigenvalue weighted by atomic mass is 10.2. The first-order valence-corrected chi connectivity index (χ1v) is 7.05. The second-order valence-electron chi connectivity index (χ2n) is 2.43. The van der Waals surface area contributed by atoms with E-state index in [0.29, 0.717) is 0 Å². The van der Waals surface area contributed by atoms with Crippen molar-refractivity contribution in [1.29, 1.82) is 0 Å². The van der Waals surface area contributed by atoms with Crippen LogP contribution in [0.4, 0.5) is 0 Å². The van der Waals surface area contributed by atoms with Gasteiger partial charge >= 0.3 is 0 Å². The van der Waals surface area contributed by atoms with E-state index in [1.807, 2.05) is 65.8 Å². The van der Waals surface area contributed by atoms with Gasteiger partial charge in [-0.3, -0.25) is 0 Å². The largest absolute Gasteiger partial charge is 0.249 e. The molecule has 1 aromatic carbocycles. The zero-order chi connectivity index (χ0) is 13.7. The van der Waals surface area contributed by atoms with Crippen LogP contribution in [0.5, 0.6) is 0 Å². The van der Waals surface area contributed by atoms with E-state index in [0.717, 1.165) is 11.0 Å². The summed E-state index contributed by atoms with van der Waals surface area (Å²) in [5, 5.41) is 1.19. The molecule has 0 saturated carbocycles. The monoisotopic (exact) mass is 251 g/mol. The lowest BCUT2D eigenvalue weighted by Crippen LogP contribution is -1.95. The Morgan fingerprint density at radius 3 is 1.88 bits per heavy atom. The Morgan fingerprint density at radius 2 is 1.29 bits per heavy atom. The van der Waals surface area contributed by atoms with E-state index in [4.69, 9.17) is 0 Å². The van der Waals surface area contributed by atoms with Crippen LogP contribution in [0.2, 0.25) is 0 Å². The molecule has 0 aliphatic carbocycles. The summed E-state index contributed by atoms with van der Waals surface area (Å²) >= 11 is 0. The summed E-state index contributed by atoms with van der Waals surface area (Å²) < 4.78 is 0. The predicted octanol–water partition coefficient (Wildman–Crippen LogP) is 4.81. The molecule has 2 aromatic rings. The predicted molar refractivity (Wildman–Crippen MR) is 85.1 cm³/mol. The highest BCUT2D eigenvalue weighted by Gasteiger charge is 1.91. The molecule has 17 heavy (non-hydrogen) atoms. The molecular weight excluding hydrogens is 225 g/mol. The minimum atomic E-state index is 0.990. The Labute approximate surface area is 109 Å². The van der Waals surface area contributed by atoms with E-state index in [9.17, 15) is 0 Å². The fraction of sp³-hybridized carbons (Fsp3) is 0.400. The van der Waals surface area contributed by atoms with Crippen LogP contribution in [-0.4, -0.2) is 4.98 Å². The van der Waals surface area contributed by atoms with Gasteiger partial charge in [0.15, 0.2) is 0 Å². The zero-order valence-electron chi connectivity index (χ0n) is 12.0. The van der Waals surface area contributed by atoms with Crippen molar-refractivity contribution in [2.45, 2.75) is 41.5 Å². The molecule has 1 heterocycles. The standard InChI is InChI=1S/C9H8NP.3C2H6/c11-9-6-5-7-3-1-2-4-8(7)10-9;3*1-2/h1-6H,11H2;3*1-2H3. The van der Waals surface area contributed by atoms with E-state index < -0.39 is 0 Å². The number of rotatable bonds is 0. The fourth-order valence-corrected chi connectivity index (χ4v) is 1.32. The Morgan fingerprint density at radius 1 is 0.765 bits per heavy atom.